The molecule has 6 nitrogen and oxygen atoms in total. The molecule has 1 saturated heterocycles. The van der Waals surface area contributed by atoms with Crippen LogP contribution >= 0.6 is 11.3 Å². The van der Waals surface area contributed by atoms with Crippen molar-refractivity contribution in [3.63, 3.8) is 0 Å². The summed E-state index contributed by atoms with van der Waals surface area (Å²) in [6, 6.07) is 9.49. The Hall–Kier alpha value is -3.71. The molecule has 1 aliphatic rings. The number of nitrogens with one attached hydrogen (secondary N) is 2. The molecule has 0 saturated carbocycles. The number of pyridine rings is 1. The standard InChI is InChI=1S/C27H28N4O2S/c1-5-9-22(18(4)6-2)29-25-23(12-19(13-28-25)27(33)31-14-17(3)15-31)30-26(32)21-16-34-24-11-8-7-10-20(21)24/h5-13,16-17H,1,14-15H2,2-4H3,(H,28,29)(H,30,32)/b18-6-,22-9+. The van der Waals surface area contributed by atoms with Gasteiger partial charge in [0.25, 0.3) is 11.8 Å². The van der Waals surface area contributed by atoms with Gasteiger partial charge in [-0.05, 0) is 43.5 Å². The molecule has 0 aliphatic carbocycles. The smallest absolute Gasteiger partial charge is 0.257 e. The van der Waals surface area contributed by atoms with Gasteiger partial charge < -0.3 is 15.5 Å². The Morgan fingerprint density at radius 2 is 2.00 bits per heavy atom. The average Bonchev–Trinajstić information content (AvgIpc) is 3.26. The number of hydrogen-bond donors (Lipinski definition) is 2. The highest BCUT2D eigenvalue weighted by atomic mass is 32.1. The zero-order valence-corrected chi connectivity index (χ0v) is 20.4. The van der Waals surface area contributed by atoms with E-state index in [-0.39, 0.29) is 11.8 Å². The van der Waals surface area contributed by atoms with Gasteiger partial charge in [0.2, 0.25) is 0 Å². The van der Waals surface area contributed by atoms with Crippen molar-refractivity contribution in [3.8, 4) is 0 Å². The zero-order chi connectivity index (χ0) is 24.2. The second kappa shape index (κ2) is 10.1. The molecular weight excluding hydrogens is 444 g/mol. The summed E-state index contributed by atoms with van der Waals surface area (Å²) in [6.07, 6.45) is 7.06. The lowest BCUT2D eigenvalue weighted by molar-refractivity contribution is 0.0530. The van der Waals surface area contributed by atoms with Crippen molar-refractivity contribution >= 4 is 44.7 Å². The van der Waals surface area contributed by atoms with E-state index in [1.807, 2.05) is 55.6 Å². The van der Waals surface area contributed by atoms with E-state index in [4.69, 9.17) is 0 Å². The minimum atomic E-state index is -0.249. The fraction of sp³-hybridized carbons (Fsp3) is 0.222. The number of benzene rings is 1. The van der Waals surface area contributed by atoms with Crippen molar-refractivity contribution in [3.05, 3.63) is 89.1 Å². The predicted molar refractivity (Wildman–Crippen MR) is 140 cm³/mol. The van der Waals surface area contributed by atoms with E-state index in [9.17, 15) is 9.59 Å². The van der Waals surface area contributed by atoms with Gasteiger partial charge in [0.15, 0.2) is 5.82 Å². The number of aromatic nitrogens is 1. The molecule has 0 spiro atoms. The maximum absolute atomic E-state index is 13.3. The van der Waals surface area contributed by atoms with Crippen LogP contribution in [0.5, 0.6) is 0 Å². The van der Waals surface area contributed by atoms with Gasteiger partial charge in [0, 0.05) is 40.4 Å². The van der Waals surface area contributed by atoms with Gasteiger partial charge >= 0.3 is 0 Å². The van der Waals surface area contributed by atoms with E-state index in [2.05, 4.69) is 29.1 Å². The van der Waals surface area contributed by atoms with Gasteiger partial charge in [-0.15, -0.1) is 11.3 Å². The fourth-order valence-corrected chi connectivity index (χ4v) is 4.78. The summed E-state index contributed by atoms with van der Waals surface area (Å²) >= 11 is 1.52. The highest BCUT2D eigenvalue weighted by Crippen LogP contribution is 2.29. The van der Waals surface area contributed by atoms with Crippen LogP contribution in [-0.4, -0.2) is 34.8 Å². The second-order valence-corrected chi connectivity index (χ2v) is 9.36. The number of carbonyl (C=O) groups is 2. The van der Waals surface area contributed by atoms with Crippen LogP contribution in [0.2, 0.25) is 0 Å². The van der Waals surface area contributed by atoms with Crippen molar-refractivity contribution < 1.29 is 9.59 Å². The first-order valence-electron chi connectivity index (χ1n) is 11.2. The lowest BCUT2D eigenvalue weighted by Gasteiger charge is -2.37. The summed E-state index contributed by atoms with van der Waals surface area (Å²) in [6.45, 7) is 11.3. The van der Waals surface area contributed by atoms with E-state index in [0.717, 1.165) is 34.4 Å². The molecule has 0 bridgehead atoms. The number of anilines is 2. The quantitative estimate of drug-likeness (QED) is 0.408. The van der Waals surface area contributed by atoms with E-state index < -0.39 is 0 Å². The number of carbonyl (C=O) groups excluding carboxylic acids is 2. The van der Waals surface area contributed by atoms with Crippen LogP contribution in [0.4, 0.5) is 11.5 Å². The number of likely N-dealkylation sites (tertiary alicyclic amines) is 1. The molecule has 2 aromatic heterocycles. The average molecular weight is 473 g/mol. The number of nitrogens with zero attached hydrogens (tertiary/aromatic N) is 2. The van der Waals surface area contributed by atoms with Crippen LogP contribution in [0.25, 0.3) is 10.1 Å². The molecule has 2 N–H and O–H groups in total. The first-order valence-corrected chi connectivity index (χ1v) is 12.1. The SMILES string of the molecule is C=C/C=C(Nc1ncc(C(=O)N2CC(C)C2)cc1NC(=O)c1csc2ccccc12)\C(C)=C/C. The largest absolute Gasteiger partial charge is 0.338 e. The Morgan fingerprint density at radius 3 is 2.71 bits per heavy atom. The Morgan fingerprint density at radius 1 is 1.24 bits per heavy atom. The molecule has 1 fully saturated rings. The third-order valence-corrected chi connectivity index (χ3v) is 6.82. The van der Waals surface area contributed by atoms with Gasteiger partial charge in [-0.25, -0.2) is 4.98 Å². The van der Waals surface area contributed by atoms with Crippen molar-refractivity contribution in [1.29, 1.82) is 0 Å². The minimum absolute atomic E-state index is 0.0832. The van der Waals surface area contributed by atoms with Crippen LogP contribution in [-0.2, 0) is 0 Å². The zero-order valence-electron chi connectivity index (χ0n) is 19.6. The first kappa shape index (κ1) is 23.4. The van der Waals surface area contributed by atoms with Crippen LogP contribution in [0.3, 0.4) is 0 Å². The Balaban J connectivity index is 1.69. The predicted octanol–water partition coefficient (Wildman–Crippen LogP) is 6.09. The summed E-state index contributed by atoms with van der Waals surface area (Å²) < 4.78 is 1.04. The van der Waals surface area contributed by atoms with Gasteiger partial charge in [-0.2, -0.15) is 0 Å². The fourth-order valence-electron chi connectivity index (χ4n) is 3.84. The number of fused-ring (bicyclic) bond motifs is 1. The van der Waals surface area contributed by atoms with Crippen molar-refractivity contribution in [1.82, 2.24) is 9.88 Å². The molecule has 4 rings (SSSR count). The van der Waals surface area contributed by atoms with Crippen LogP contribution in [0.1, 0.15) is 41.5 Å². The summed E-state index contributed by atoms with van der Waals surface area (Å²) in [4.78, 5) is 32.5. The number of rotatable bonds is 7. The maximum atomic E-state index is 13.3. The first-order chi connectivity index (χ1) is 16.4. The Bertz CT molecular complexity index is 1320. The normalized spacial score (nSPS) is 14.6. The van der Waals surface area contributed by atoms with E-state index in [0.29, 0.717) is 28.6 Å². The van der Waals surface area contributed by atoms with Gasteiger partial charge in [0.1, 0.15) is 0 Å². The molecular formula is C27H28N4O2S. The van der Waals surface area contributed by atoms with Crippen molar-refractivity contribution in [2.75, 3.05) is 23.7 Å². The van der Waals surface area contributed by atoms with Gasteiger partial charge in [0.05, 0.1) is 16.8 Å². The summed E-state index contributed by atoms with van der Waals surface area (Å²) in [5, 5.41) is 9.02. The van der Waals surface area contributed by atoms with Crippen LogP contribution in [0.15, 0.2) is 78.0 Å². The number of amides is 2. The van der Waals surface area contributed by atoms with Crippen molar-refractivity contribution in [2.45, 2.75) is 20.8 Å². The molecule has 0 radical (unpaired) electrons. The van der Waals surface area contributed by atoms with Crippen LogP contribution < -0.4 is 10.6 Å². The topological polar surface area (TPSA) is 74.3 Å². The lowest BCUT2D eigenvalue weighted by Crippen LogP contribution is -2.48. The molecule has 1 aromatic carbocycles. The Kier molecular flexibility index (Phi) is 6.93. The number of thiophene rings is 1. The highest BCUT2D eigenvalue weighted by molar-refractivity contribution is 7.17. The lowest BCUT2D eigenvalue weighted by atomic mass is 10.0. The van der Waals surface area contributed by atoms with Gasteiger partial charge in [-0.3, -0.25) is 9.59 Å². The van der Waals surface area contributed by atoms with Crippen molar-refractivity contribution in [2.24, 2.45) is 5.92 Å². The summed E-state index contributed by atoms with van der Waals surface area (Å²) in [7, 11) is 0. The number of hydrogen-bond acceptors (Lipinski definition) is 5. The summed E-state index contributed by atoms with van der Waals surface area (Å²) in [5.74, 6) is 0.622. The molecule has 7 heteroatoms. The van der Waals surface area contributed by atoms with Gasteiger partial charge in [-0.1, -0.05) is 43.9 Å². The molecule has 1 aliphatic heterocycles. The number of allylic oxidation sites excluding steroid dienone is 4. The maximum Gasteiger partial charge on any atom is 0.257 e. The Labute approximate surface area is 203 Å². The van der Waals surface area contributed by atoms with E-state index >= 15 is 0 Å². The monoisotopic (exact) mass is 472 g/mol. The molecule has 174 valence electrons. The molecule has 3 aromatic rings. The minimum Gasteiger partial charge on any atom is -0.338 e. The third kappa shape index (κ3) is 4.79. The summed E-state index contributed by atoms with van der Waals surface area (Å²) in [5.41, 5.74) is 3.28. The van der Waals surface area contributed by atoms with E-state index in [1.165, 1.54) is 11.3 Å². The molecule has 0 unspecified atom stereocenters. The third-order valence-electron chi connectivity index (χ3n) is 5.86. The highest BCUT2D eigenvalue weighted by Gasteiger charge is 2.28. The molecule has 0 atom stereocenters. The van der Waals surface area contributed by atoms with E-state index in [1.54, 1.807) is 23.2 Å². The molecule has 34 heavy (non-hydrogen) atoms. The second-order valence-electron chi connectivity index (χ2n) is 8.45. The molecule has 3 heterocycles. The molecule has 2 amide bonds. The van der Waals surface area contributed by atoms with Crippen LogP contribution in [0, 0.1) is 5.92 Å².